The first-order valence-electron chi connectivity index (χ1n) is 9.29. The first-order valence-corrected chi connectivity index (χ1v) is 10.3. The number of thioether (sulfide) groups is 1. The SMILES string of the molecule is O=C(CCSc1ccc(F)cc1)Nc1cccc(N2C(=O)c3ccccc3C2=O)c1. The van der Waals surface area contributed by atoms with Gasteiger partial charge in [-0.2, -0.15) is 0 Å². The van der Waals surface area contributed by atoms with E-state index in [1.54, 1.807) is 60.7 Å². The highest BCUT2D eigenvalue weighted by Gasteiger charge is 2.36. The maximum Gasteiger partial charge on any atom is 0.266 e. The number of fused-ring (bicyclic) bond motifs is 1. The van der Waals surface area contributed by atoms with E-state index in [-0.39, 0.29) is 30.0 Å². The second-order valence-corrected chi connectivity index (χ2v) is 7.81. The Kier molecular flexibility index (Phi) is 5.63. The zero-order valence-electron chi connectivity index (χ0n) is 15.8. The van der Waals surface area contributed by atoms with E-state index >= 15 is 0 Å². The molecule has 5 nitrogen and oxygen atoms in total. The van der Waals surface area contributed by atoms with Crippen molar-refractivity contribution in [3.63, 3.8) is 0 Å². The van der Waals surface area contributed by atoms with Crippen LogP contribution in [0.5, 0.6) is 0 Å². The van der Waals surface area contributed by atoms with Crippen LogP contribution in [-0.2, 0) is 4.79 Å². The molecular formula is C23H17FN2O3S. The molecule has 30 heavy (non-hydrogen) atoms. The molecule has 0 aromatic heterocycles. The highest BCUT2D eigenvalue weighted by Crippen LogP contribution is 2.29. The average Bonchev–Trinajstić information content (AvgIpc) is 3.00. The Morgan fingerprint density at radius 1 is 0.900 bits per heavy atom. The Labute approximate surface area is 176 Å². The number of imide groups is 1. The van der Waals surface area contributed by atoms with E-state index < -0.39 is 0 Å². The molecule has 1 heterocycles. The van der Waals surface area contributed by atoms with Crippen LogP contribution in [0.3, 0.4) is 0 Å². The van der Waals surface area contributed by atoms with Crippen molar-refractivity contribution in [2.24, 2.45) is 0 Å². The predicted molar refractivity (Wildman–Crippen MR) is 114 cm³/mol. The van der Waals surface area contributed by atoms with Crippen LogP contribution in [0.25, 0.3) is 0 Å². The van der Waals surface area contributed by atoms with Crippen molar-refractivity contribution in [3.05, 3.63) is 89.7 Å². The quantitative estimate of drug-likeness (QED) is 0.462. The summed E-state index contributed by atoms with van der Waals surface area (Å²) in [5, 5.41) is 2.79. The van der Waals surface area contributed by atoms with Gasteiger partial charge in [-0.25, -0.2) is 9.29 Å². The van der Waals surface area contributed by atoms with Gasteiger partial charge in [-0.3, -0.25) is 14.4 Å². The fourth-order valence-corrected chi connectivity index (χ4v) is 4.01. The van der Waals surface area contributed by atoms with Gasteiger partial charge in [0.05, 0.1) is 16.8 Å². The number of anilines is 2. The van der Waals surface area contributed by atoms with Crippen LogP contribution >= 0.6 is 11.8 Å². The molecule has 0 saturated carbocycles. The predicted octanol–water partition coefficient (Wildman–Crippen LogP) is 4.75. The Morgan fingerprint density at radius 2 is 1.57 bits per heavy atom. The number of rotatable bonds is 6. The summed E-state index contributed by atoms with van der Waals surface area (Å²) in [6.45, 7) is 0. The van der Waals surface area contributed by atoms with Gasteiger partial charge in [-0.15, -0.1) is 11.8 Å². The van der Waals surface area contributed by atoms with Crippen molar-refractivity contribution in [1.82, 2.24) is 0 Å². The molecule has 150 valence electrons. The van der Waals surface area contributed by atoms with Crippen molar-refractivity contribution in [2.45, 2.75) is 11.3 Å². The summed E-state index contributed by atoms with van der Waals surface area (Å²) < 4.78 is 12.9. The van der Waals surface area contributed by atoms with Crippen LogP contribution < -0.4 is 10.2 Å². The summed E-state index contributed by atoms with van der Waals surface area (Å²) in [6, 6.07) is 19.4. The lowest BCUT2D eigenvalue weighted by Crippen LogP contribution is -2.29. The van der Waals surface area contributed by atoms with Crippen LogP contribution in [0.4, 0.5) is 15.8 Å². The van der Waals surface area contributed by atoms with Crippen molar-refractivity contribution in [1.29, 1.82) is 0 Å². The number of carbonyl (C=O) groups excluding carboxylic acids is 3. The number of hydrogen-bond acceptors (Lipinski definition) is 4. The molecule has 0 saturated heterocycles. The fraction of sp³-hybridized carbons (Fsp3) is 0.0870. The standard InChI is InChI=1S/C23H17FN2O3S/c24-15-8-10-18(11-9-15)30-13-12-21(27)25-16-4-3-5-17(14-16)26-22(28)19-6-1-2-7-20(19)23(26)29/h1-11,14H,12-13H2,(H,25,27). The Hall–Kier alpha value is -3.45. The molecule has 0 bridgehead atoms. The summed E-state index contributed by atoms with van der Waals surface area (Å²) in [7, 11) is 0. The highest BCUT2D eigenvalue weighted by molar-refractivity contribution is 7.99. The Bertz CT molecular complexity index is 1100. The molecule has 0 unspecified atom stereocenters. The molecule has 3 aromatic rings. The largest absolute Gasteiger partial charge is 0.326 e. The minimum atomic E-state index is -0.380. The van der Waals surface area contributed by atoms with Gasteiger partial charge in [-0.1, -0.05) is 18.2 Å². The third-order valence-corrected chi connectivity index (χ3v) is 5.61. The molecule has 0 fully saturated rings. The zero-order chi connectivity index (χ0) is 21.1. The first kappa shape index (κ1) is 19.8. The highest BCUT2D eigenvalue weighted by atomic mass is 32.2. The van der Waals surface area contributed by atoms with E-state index in [4.69, 9.17) is 0 Å². The fourth-order valence-electron chi connectivity index (χ4n) is 3.16. The van der Waals surface area contributed by atoms with Gasteiger partial charge in [0.1, 0.15) is 5.82 Å². The molecule has 0 radical (unpaired) electrons. The van der Waals surface area contributed by atoms with E-state index in [1.165, 1.54) is 23.9 Å². The summed E-state index contributed by atoms with van der Waals surface area (Å²) in [5.74, 6) is -0.709. The molecule has 1 aliphatic rings. The number of nitrogens with zero attached hydrogens (tertiary/aromatic N) is 1. The summed E-state index contributed by atoms with van der Waals surface area (Å²) >= 11 is 1.46. The molecule has 0 spiro atoms. The molecule has 0 atom stereocenters. The van der Waals surface area contributed by atoms with Gasteiger partial charge >= 0.3 is 0 Å². The number of benzene rings is 3. The van der Waals surface area contributed by atoms with Crippen molar-refractivity contribution in [3.8, 4) is 0 Å². The smallest absolute Gasteiger partial charge is 0.266 e. The van der Waals surface area contributed by atoms with E-state index in [0.717, 1.165) is 9.80 Å². The average molecular weight is 420 g/mol. The van der Waals surface area contributed by atoms with Gasteiger partial charge in [0.15, 0.2) is 0 Å². The van der Waals surface area contributed by atoms with Crippen LogP contribution in [0, 0.1) is 5.82 Å². The number of halogens is 1. The van der Waals surface area contributed by atoms with Crippen molar-refractivity contribution in [2.75, 3.05) is 16.0 Å². The lowest BCUT2D eigenvalue weighted by Gasteiger charge is -2.15. The number of hydrogen-bond donors (Lipinski definition) is 1. The number of amides is 3. The Balaban J connectivity index is 1.39. The van der Waals surface area contributed by atoms with Crippen molar-refractivity contribution >= 4 is 40.9 Å². The third-order valence-electron chi connectivity index (χ3n) is 4.59. The van der Waals surface area contributed by atoms with Gasteiger partial charge < -0.3 is 5.32 Å². The number of carbonyl (C=O) groups is 3. The first-order chi connectivity index (χ1) is 14.5. The molecule has 7 heteroatoms. The van der Waals surface area contributed by atoms with E-state index in [9.17, 15) is 18.8 Å². The maximum atomic E-state index is 12.9. The summed E-state index contributed by atoms with van der Waals surface area (Å²) in [6.07, 6.45) is 0.263. The topological polar surface area (TPSA) is 66.5 Å². The van der Waals surface area contributed by atoms with Gasteiger partial charge in [0.25, 0.3) is 11.8 Å². The van der Waals surface area contributed by atoms with Crippen LogP contribution in [0.15, 0.2) is 77.7 Å². The van der Waals surface area contributed by atoms with Crippen LogP contribution in [-0.4, -0.2) is 23.5 Å². The molecular weight excluding hydrogens is 403 g/mol. The van der Waals surface area contributed by atoms with Gasteiger partial charge in [0, 0.05) is 22.8 Å². The lowest BCUT2D eigenvalue weighted by atomic mass is 10.1. The summed E-state index contributed by atoms with van der Waals surface area (Å²) in [5.41, 5.74) is 1.64. The molecule has 3 amide bonds. The normalized spacial score (nSPS) is 12.8. The number of nitrogens with one attached hydrogen (secondary N) is 1. The third kappa shape index (κ3) is 4.11. The molecule has 0 aliphatic carbocycles. The molecule has 1 N–H and O–H groups in total. The van der Waals surface area contributed by atoms with Crippen molar-refractivity contribution < 1.29 is 18.8 Å². The minimum Gasteiger partial charge on any atom is -0.326 e. The summed E-state index contributed by atoms with van der Waals surface area (Å²) in [4.78, 5) is 39.5. The lowest BCUT2D eigenvalue weighted by molar-refractivity contribution is -0.115. The monoisotopic (exact) mass is 420 g/mol. The van der Waals surface area contributed by atoms with Gasteiger partial charge in [0.2, 0.25) is 5.91 Å². The van der Waals surface area contributed by atoms with Gasteiger partial charge in [-0.05, 0) is 54.6 Å². The Morgan fingerprint density at radius 3 is 2.23 bits per heavy atom. The molecule has 1 aliphatic heterocycles. The molecule has 4 rings (SSSR count). The maximum absolute atomic E-state index is 12.9. The second kappa shape index (κ2) is 8.51. The second-order valence-electron chi connectivity index (χ2n) is 6.64. The van der Waals surface area contributed by atoms with E-state index in [0.29, 0.717) is 28.3 Å². The minimum absolute atomic E-state index is 0.191. The van der Waals surface area contributed by atoms with Crippen LogP contribution in [0.1, 0.15) is 27.1 Å². The zero-order valence-corrected chi connectivity index (χ0v) is 16.6. The molecule has 3 aromatic carbocycles. The van der Waals surface area contributed by atoms with Crippen LogP contribution in [0.2, 0.25) is 0 Å². The van der Waals surface area contributed by atoms with E-state index in [2.05, 4.69) is 5.32 Å². The van der Waals surface area contributed by atoms with E-state index in [1.807, 2.05) is 0 Å².